The number of halogens is 2. The van der Waals surface area contributed by atoms with Crippen LogP contribution >= 0.6 is 7.92 Å². The molecule has 0 saturated heterocycles. The van der Waals surface area contributed by atoms with Crippen LogP contribution in [0.25, 0.3) is 0 Å². The van der Waals surface area contributed by atoms with Crippen LogP contribution in [0.3, 0.4) is 0 Å². The maximum absolute atomic E-state index is 12.4. The molecule has 0 N–H and O–H groups in total. The van der Waals surface area contributed by atoms with E-state index >= 15 is 0 Å². The average Bonchev–Trinajstić information content (AvgIpc) is 2.96. The minimum Gasteiger partial charge on any atom is -0.324 e. The van der Waals surface area contributed by atoms with Gasteiger partial charge >= 0.3 is 0 Å². The minimum absolute atomic E-state index is 0.0738. The molecular weight excluding hydrogens is 491 g/mol. The normalized spacial score (nSPS) is 11.4. The minimum atomic E-state index is -2.13. The van der Waals surface area contributed by atoms with Crippen molar-refractivity contribution >= 4 is 23.8 Å². The van der Waals surface area contributed by atoms with Crippen LogP contribution in [0.2, 0.25) is 0 Å². The zero-order valence-electron chi connectivity index (χ0n) is 23.9. The van der Waals surface area contributed by atoms with Crippen molar-refractivity contribution in [3.8, 4) is 0 Å². The summed E-state index contributed by atoms with van der Waals surface area (Å²) < 4.78 is 25.8. The van der Waals surface area contributed by atoms with E-state index in [0.717, 1.165) is 11.0 Å². The molecular formula is C34H49F2NP+. The molecule has 208 valence electrons. The number of rotatable bonds is 16. The summed E-state index contributed by atoms with van der Waals surface area (Å²) in [6, 6.07) is 32.3. The van der Waals surface area contributed by atoms with E-state index in [1.807, 2.05) is 0 Å². The first kappa shape index (κ1) is 32.1. The summed E-state index contributed by atoms with van der Waals surface area (Å²) in [7, 11) is -0.446. The summed E-state index contributed by atoms with van der Waals surface area (Å²) in [4.78, 5) is 0. The van der Waals surface area contributed by atoms with Gasteiger partial charge in [0, 0.05) is 12.8 Å². The van der Waals surface area contributed by atoms with Gasteiger partial charge in [0.05, 0.1) is 26.2 Å². The molecule has 0 fully saturated rings. The fraction of sp³-hybridized carbons (Fsp3) is 0.471. The molecule has 0 radical (unpaired) electrons. The van der Waals surface area contributed by atoms with Gasteiger partial charge in [-0.25, -0.2) is 8.78 Å². The van der Waals surface area contributed by atoms with Crippen molar-refractivity contribution < 1.29 is 13.3 Å². The predicted octanol–water partition coefficient (Wildman–Crippen LogP) is 8.69. The van der Waals surface area contributed by atoms with E-state index in [0.29, 0.717) is 6.42 Å². The summed E-state index contributed by atoms with van der Waals surface area (Å²) in [5.74, 6) is 0. The first-order valence-corrected chi connectivity index (χ1v) is 16.0. The first-order chi connectivity index (χ1) is 18.5. The van der Waals surface area contributed by atoms with Gasteiger partial charge < -0.3 is 4.48 Å². The molecule has 0 aromatic heterocycles. The fourth-order valence-electron chi connectivity index (χ4n) is 4.91. The number of hydrogen-bond donors (Lipinski definition) is 0. The molecule has 0 unspecified atom stereocenters. The number of alkyl halides is 2. The molecule has 0 heterocycles. The monoisotopic (exact) mass is 540 g/mol. The van der Waals surface area contributed by atoms with Crippen molar-refractivity contribution in [2.75, 3.05) is 26.2 Å². The van der Waals surface area contributed by atoms with Crippen LogP contribution in [0, 0.1) is 0 Å². The second-order valence-corrected chi connectivity index (χ2v) is 12.4. The Hall–Kier alpha value is -2.09. The van der Waals surface area contributed by atoms with E-state index in [-0.39, 0.29) is 6.42 Å². The van der Waals surface area contributed by atoms with Crippen LogP contribution in [0.1, 0.15) is 72.1 Å². The van der Waals surface area contributed by atoms with Crippen LogP contribution < -0.4 is 15.9 Å². The largest absolute Gasteiger partial charge is 0.324 e. The summed E-state index contributed by atoms with van der Waals surface area (Å²) >= 11 is 0. The van der Waals surface area contributed by atoms with Gasteiger partial charge in [-0.2, -0.15) is 0 Å². The summed E-state index contributed by atoms with van der Waals surface area (Å²) in [6.45, 7) is 11.1. The lowest BCUT2D eigenvalue weighted by Gasteiger charge is -2.39. The Morgan fingerprint density at radius 3 is 1.13 bits per heavy atom. The smallest absolute Gasteiger partial charge is 0.238 e. The van der Waals surface area contributed by atoms with Crippen LogP contribution in [0.15, 0.2) is 91.0 Å². The van der Waals surface area contributed by atoms with Crippen molar-refractivity contribution in [3.63, 3.8) is 0 Å². The molecule has 1 nitrogen and oxygen atoms in total. The second kappa shape index (κ2) is 19.0. The van der Waals surface area contributed by atoms with Gasteiger partial charge in [0.2, 0.25) is 6.43 Å². The van der Waals surface area contributed by atoms with Gasteiger partial charge in [0.15, 0.2) is 0 Å². The third-order valence-electron chi connectivity index (χ3n) is 7.06. The topological polar surface area (TPSA) is 0 Å². The van der Waals surface area contributed by atoms with Crippen LogP contribution in [-0.4, -0.2) is 37.1 Å². The van der Waals surface area contributed by atoms with Crippen molar-refractivity contribution in [1.82, 2.24) is 0 Å². The number of quaternary nitrogens is 1. The van der Waals surface area contributed by atoms with Gasteiger partial charge in [-0.15, -0.1) is 0 Å². The molecule has 3 aromatic rings. The highest BCUT2D eigenvalue weighted by atomic mass is 31.1. The quantitative estimate of drug-likeness (QED) is 0.126. The maximum Gasteiger partial charge on any atom is 0.238 e. The number of benzene rings is 3. The van der Waals surface area contributed by atoms with E-state index in [1.165, 1.54) is 74.1 Å². The van der Waals surface area contributed by atoms with Gasteiger partial charge in [-0.05, 0) is 43.1 Å². The molecule has 0 atom stereocenters. The zero-order chi connectivity index (χ0) is 27.5. The standard InChI is InChI=1S/C18H15P.C16H34F2N/c1-4-10-16(11-5-1)19(17-12-6-2-7-13-17)18-14-8-3-9-15-18;1-4-7-12-19(13-8-5-2,14-9-6-3)15-10-11-16(17)18/h1-15H;16H,4-15H2,1-3H3/q;+1. The molecule has 0 bridgehead atoms. The molecule has 4 heteroatoms. The fourth-order valence-corrected chi connectivity index (χ4v) is 7.22. The van der Waals surface area contributed by atoms with Gasteiger partial charge in [-0.3, -0.25) is 0 Å². The van der Waals surface area contributed by atoms with E-state index in [4.69, 9.17) is 0 Å². The van der Waals surface area contributed by atoms with E-state index in [9.17, 15) is 8.78 Å². The highest BCUT2D eigenvalue weighted by Crippen LogP contribution is 2.32. The van der Waals surface area contributed by atoms with Crippen molar-refractivity contribution in [1.29, 1.82) is 0 Å². The Balaban J connectivity index is 0.000000267. The third-order valence-corrected chi connectivity index (χ3v) is 9.50. The molecule has 0 aliphatic rings. The van der Waals surface area contributed by atoms with Crippen molar-refractivity contribution in [3.05, 3.63) is 91.0 Å². The van der Waals surface area contributed by atoms with Crippen LogP contribution in [0.4, 0.5) is 8.78 Å². The highest BCUT2D eigenvalue weighted by molar-refractivity contribution is 7.79. The van der Waals surface area contributed by atoms with Gasteiger partial charge in [0.25, 0.3) is 0 Å². The molecule has 3 rings (SSSR count). The van der Waals surface area contributed by atoms with Crippen LogP contribution in [-0.2, 0) is 0 Å². The lowest BCUT2D eigenvalue weighted by Crippen LogP contribution is -2.50. The summed E-state index contributed by atoms with van der Waals surface area (Å²) in [5, 5.41) is 4.19. The molecule has 0 spiro atoms. The lowest BCUT2D eigenvalue weighted by atomic mass is 10.1. The molecule has 0 aliphatic heterocycles. The van der Waals surface area contributed by atoms with Crippen molar-refractivity contribution in [2.24, 2.45) is 0 Å². The highest BCUT2D eigenvalue weighted by Gasteiger charge is 2.25. The SMILES string of the molecule is CCCC[N+](CCCC)(CCCC)CCCC(F)F.c1ccc(P(c2ccccc2)c2ccccc2)cc1. The van der Waals surface area contributed by atoms with E-state index < -0.39 is 14.3 Å². The maximum atomic E-state index is 12.4. The molecule has 0 saturated carbocycles. The second-order valence-electron chi connectivity index (χ2n) is 10.2. The Morgan fingerprint density at radius 1 is 0.526 bits per heavy atom. The van der Waals surface area contributed by atoms with Crippen LogP contribution in [0.5, 0.6) is 0 Å². The predicted molar refractivity (Wildman–Crippen MR) is 165 cm³/mol. The number of nitrogens with zero attached hydrogens (tertiary/aromatic N) is 1. The number of unbranched alkanes of at least 4 members (excludes halogenated alkanes) is 3. The number of hydrogen-bond acceptors (Lipinski definition) is 0. The lowest BCUT2D eigenvalue weighted by molar-refractivity contribution is -0.929. The Bertz CT molecular complexity index is 834. The Morgan fingerprint density at radius 2 is 0.842 bits per heavy atom. The van der Waals surface area contributed by atoms with Crippen molar-refractivity contribution in [2.45, 2.75) is 78.6 Å². The Labute approximate surface area is 232 Å². The van der Waals surface area contributed by atoms with E-state index in [2.05, 4.69) is 112 Å². The van der Waals surface area contributed by atoms with Gasteiger partial charge in [-0.1, -0.05) is 131 Å². The molecule has 38 heavy (non-hydrogen) atoms. The molecule has 0 aliphatic carbocycles. The Kier molecular flexibility index (Phi) is 16.1. The first-order valence-electron chi connectivity index (χ1n) is 14.6. The van der Waals surface area contributed by atoms with Gasteiger partial charge in [0.1, 0.15) is 0 Å². The third kappa shape index (κ3) is 11.7. The zero-order valence-corrected chi connectivity index (χ0v) is 24.8. The summed E-state index contributed by atoms with van der Waals surface area (Å²) in [6.07, 6.45) is 5.89. The molecule has 0 amide bonds. The summed E-state index contributed by atoms with van der Waals surface area (Å²) in [5.41, 5.74) is 0. The average molecular weight is 541 g/mol. The molecule has 3 aromatic carbocycles. The van der Waals surface area contributed by atoms with E-state index in [1.54, 1.807) is 0 Å².